The average Bonchev–Trinajstić information content (AvgIpc) is 2.89. The lowest BCUT2D eigenvalue weighted by molar-refractivity contribution is -0.122. The van der Waals surface area contributed by atoms with Crippen molar-refractivity contribution < 1.29 is 4.79 Å². The highest BCUT2D eigenvalue weighted by atomic mass is 16.1. The van der Waals surface area contributed by atoms with E-state index in [1.54, 1.807) is 12.4 Å². The summed E-state index contributed by atoms with van der Waals surface area (Å²) in [6, 6.07) is 0.0168. The molecular formula is C14H25N3O. The van der Waals surface area contributed by atoms with Crippen LogP contribution in [-0.2, 0) is 4.79 Å². The molecule has 18 heavy (non-hydrogen) atoms. The topological polar surface area (TPSA) is 57.8 Å². The molecule has 102 valence electrons. The Morgan fingerprint density at radius 3 is 2.72 bits per heavy atom. The molecule has 0 aliphatic rings. The van der Waals surface area contributed by atoms with Crippen LogP contribution in [0.25, 0.3) is 0 Å². The quantitative estimate of drug-likeness (QED) is 0.661. The van der Waals surface area contributed by atoms with Gasteiger partial charge in [-0.15, -0.1) is 0 Å². The molecule has 1 atom stereocenters. The Labute approximate surface area is 110 Å². The smallest absolute Gasteiger partial charge is 0.220 e. The van der Waals surface area contributed by atoms with Crippen molar-refractivity contribution in [1.29, 1.82) is 0 Å². The number of carbonyl (C=O) groups excluding carboxylic acids is 1. The number of hydrogen-bond acceptors (Lipinski definition) is 2. The standard InChI is InChI=1S/C14H25N3O/c1-3-5-6-7-8-9-13(18)17-12(4-2)14-15-10-11-16-14/h10-12H,3-9H2,1-2H3,(H,15,16)(H,17,18). The minimum Gasteiger partial charge on any atom is -0.347 e. The number of rotatable bonds is 9. The van der Waals surface area contributed by atoms with Gasteiger partial charge in [-0.25, -0.2) is 4.98 Å². The number of H-pyrrole nitrogens is 1. The van der Waals surface area contributed by atoms with Crippen LogP contribution in [0.1, 0.15) is 70.7 Å². The van der Waals surface area contributed by atoms with Crippen molar-refractivity contribution in [2.45, 2.75) is 64.8 Å². The summed E-state index contributed by atoms with van der Waals surface area (Å²) in [5.41, 5.74) is 0. The molecule has 0 aliphatic heterocycles. The summed E-state index contributed by atoms with van der Waals surface area (Å²) < 4.78 is 0. The maximum Gasteiger partial charge on any atom is 0.220 e. The summed E-state index contributed by atoms with van der Waals surface area (Å²) in [6.07, 6.45) is 10.9. The first-order chi connectivity index (χ1) is 8.77. The van der Waals surface area contributed by atoms with Gasteiger partial charge in [-0.05, 0) is 12.8 Å². The van der Waals surface area contributed by atoms with Crippen LogP contribution >= 0.6 is 0 Å². The molecule has 1 rings (SSSR count). The first-order valence-corrected chi connectivity index (χ1v) is 7.06. The minimum atomic E-state index is 0.0168. The Balaban J connectivity index is 2.22. The van der Waals surface area contributed by atoms with Gasteiger partial charge in [0.15, 0.2) is 0 Å². The fourth-order valence-corrected chi connectivity index (χ4v) is 1.99. The number of aromatic amines is 1. The molecule has 1 unspecified atom stereocenters. The largest absolute Gasteiger partial charge is 0.347 e. The van der Waals surface area contributed by atoms with Crippen LogP contribution in [-0.4, -0.2) is 15.9 Å². The average molecular weight is 251 g/mol. The molecule has 4 nitrogen and oxygen atoms in total. The number of aromatic nitrogens is 2. The van der Waals surface area contributed by atoms with Gasteiger partial charge >= 0.3 is 0 Å². The van der Waals surface area contributed by atoms with Crippen molar-refractivity contribution in [3.63, 3.8) is 0 Å². The van der Waals surface area contributed by atoms with E-state index in [2.05, 4.69) is 29.1 Å². The van der Waals surface area contributed by atoms with E-state index in [-0.39, 0.29) is 11.9 Å². The third kappa shape index (κ3) is 5.34. The summed E-state index contributed by atoms with van der Waals surface area (Å²) in [5, 5.41) is 3.03. The van der Waals surface area contributed by atoms with Gasteiger partial charge in [-0.1, -0.05) is 39.5 Å². The van der Waals surface area contributed by atoms with E-state index >= 15 is 0 Å². The van der Waals surface area contributed by atoms with Crippen LogP contribution in [0.5, 0.6) is 0 Å². The normalized spacial score (nSPS) is 12.3. The van der Waals surface area contributed by atoms with Crippen molar-refractivity contribution in [2.75, 3.05) is 0 Å². The molecule has 0 saturated carbocycles. The van der Waals surface area contributed by atoms with Gasteiger partial charge in [0.2, 0.25) is 5.91 Å². The zero-order chi connectivity index (χ0) is 13.2. The summed E-state index contributed by atoms with van der Waals surface area (Å²) in [5.74, 6) is 0.978. The number of nitrogens with one attached hydrogen (secondary N) is 2. The Bertz CT molecular complexity index is 322. The van der Waals surface area contributed by atoms with Gasteiger partial charge in [-0.3, -0.25) is 4.79 Å². The van der Waals surface area contributed by atoms with Crippen LogP contribution < -0.4 is 5.32 Å². The van der Waals surface area contributed by atoms with Crippen molar-refractivity contribution in [2.24, 2.45) is 0 Å². The Hall–Kier alpha value is -1.32. The Kier molecular flexibility index (Phi) is 7.14. The van der Waals surface area contributed by atoms with E-state index < -0.39 is 0 Å². The SMILES string of the molecule is CCCCCCCC(=O)NC(CC)c1ncc[nH]1. The second-order valence-electron chi connectivity index (χ2n) is 4.67. The summed E-state index contributed by atoms with van der Waals surface area (Å²) in [4.78, 5) is 19.0. The Morgan fingerprint density at radius 2 is 2.11 bits per heavy atom. The van der Waals surface area contributed by atoms with Crippen molar-refractivity contribution >= 4 is 5.91 Å². The van der Waals surface area contributed by atoms with Gasteiger partial charge < -0.3 is 10.3 Å². The Morgan fingerprint density at radius 1 is 1.33 bits per heavy atom. The van der Waals surface area contributed by atoms with Gasteiger partial charge in [-0.2, -0.15) is 0 Å². The van der Waals surface area contributed by atoms with Crippen molar-refractivity contribution in [3.05, 3.63) is 18.2 Å². The predicted octanol–water partition coefficient (Wildman–Crippen LogP) is 3.34. The van der Waals surface area contributed by atoms with Gasteiger partial charge in [0.25, 0.3) is 0 Å². The zero-order valence-electron chi connectivity index (χ0n) is 11.5. The number of hydrogen-bond donors (Lipinski definition) is 2. The lowest BCUT2D eigenvalue weighted by Gasteiger charge is -2.14. The summed E-state index contributed by atoms with van der Waals surface area (Å²) in [7, 11) is 0. The van der Waals surface area contributed by atoms with Crippen molar-refractivity contribution in [3.8, 4) is 0 Å². The highest BCUT2D eigenvalue weighted by Gasteiger charge is 2.13. The zero-order valence-corrected chi connectivity index (χ0v) is 11.5. The van der Waals surface area contributed by atoms with Crippen LogP contribution in [0, 0.1) is 0 Å². The first kappa shape index (κ1) is 14.7. The molecule has 0 fully saturated rings. The third-order valence-corrected chi connectivity index (χ3v) is 3.10. The van der Waals surface area contributed by atoms with Gasteiger partial charge in [0.1, 0.15) is 5.82 Å². The lowest BCUT2D eigenvalue weighted by Crippen LogP contribution is -2.28. The summed E-state index contributed by atoms with van der Waals surface area (Å²) >= 11 is 0. The number of carbonyl (C=O) groups is 1. The monoisotopic (exact) mass is 251 g/mol. The molecular weight excluding hydrogens is 226 g/mol. The molecule has 1 aromatic heterocycles. The van der Waals surface area contributed by atoms with Crippen LogP contribution in [0.2, 0.25) is 0 Å². The molecule has 0 spiro atoms. The maximum absolute atomic E-state index is 11.8. The van der Waals surface area contributed by atoms with E-state index in [0.717, 1.165) is 25.1 Å². The molecule has 1 heterocycles. The molecule has 0 aromatic carbocycles. The molecule has 0 aliphatic carbocycles. The van der Waals surface area contributed by atoms with Gasteiger partial charge in [0.05, 0.1) is 6.04 Å². The van der Waals surface area contributed by atoms with Crippen LogP contribution in [0.3, 0.4) is 0 Å². The van der Waals surface area contributed by atoms with E-state index in [9.17, 15) is 4.79 Å². The maximum atomic E-state index is 11.8. The number of amides is 1. The van der Waals surface area contributed by atoms with E-state index in [1.807, 2.05) is 0 Å². The minimum absolute atomic E-state index is 0.0168. The van der Waals surface area contributed by atoms with Gasteiger partial charge in [0, 0.05) is 18.8 Å². The molecule has 0 saturated heterocycles. The highest BCUT2D eigenvalue weighted by molar-refractivity contribution is 5.76. The number of imidazole rings is 1. The number of unbranched alkanes of at least 4 members (excludes halogenated alkanes) is 4. The lowest BCUT2D eigenvalue weighted by atomic mass is 10.1. The second kappa shape index (κ2) is 8.72. The molecule has 4 heteroatoms. The molecule has 0 radical (unpaired) electrons. The number of nitrogens with zero attached hydrogens (tertiary/aromatic N) is 1. The van der Waals surface area contributed by atoms with E-state index in [4.69, 9.17) is 0 Å². The third-order valence-electron chi connectivity index (χ3n) is 3.10. The predicted molar refractivity (Wildman–Crippen MR) is 73.1 cm³/mol. The highest BCUT2D eigenvalue weighted by Crippen LogP contribution is 2.12. The first-order valence-electron chi connectivity index (χ1n) is 7.06. The molecule has 2 N–H and O–H groups in total. The van der Waals surface area contributed by atoms with Crippen LogP contribution in [0.4, 0.5) is 0 Å². The van der Waals surface area contributed by atoms with Crippen molar-refractivity contribution in [1.82, 2.24) is 15.3 Å². The van der Waals surface area contributed by atoms with Crippen LogP contribution in [0.15, 0.2) is 12.4 Å². The molecule has 0 bridgehead atoms. The second-order valence-corrected chi connectivity index (χ2v) is 4.67. The van der Waals surface area contributed by atoms with E-state index in [1.165, 1.54) is 19.3 Å². The summed E-state index contributed by atoms with van der Waals surface area (Å²) in [6.45, 7) is 4.25. The molecule has 1 aromatic rings. The molecule has 1 amide bonds. The fourth-order valence-electron chi connectivity index (χ4n) is 1.99. The fraction of sp³-hybridized carbons (Fsp3) is 0.714. The van der Waals surface area contributed by atoms with E-state index in [0.29, 0.717) is 6.42 Å².